The summed E-state index contributed by atoms with van der Waals surface area (Å²) in [6, 6.07) is 9.03. The number of hydrogen-bond donors (Lipinski definition) is 2. The first-order chi connectivity index (χ1) is 12.8. The molecule has 2 rings (SSSR count). The standard InChI is InChI=1S/C20H22Br2FNO3/c1-3-12(2)24-17-6-4-5-14(19(17)23)11-27-20-15(21)9-13(10-16(20)22)7-8-18(25)26/h4-6,9-10,12,24H,3,7-8,11H2,1-2H3,(H,25,26). The monoisotopic (exact) mass is 501 g/mol. The number of benzene rings is 2. The Bertz CT molecular complexity index is 791. The average molecular weight is 503 g/mol. The molecule has 7 heteroatoms. The van der Waals surface area contributed by atoms with E-state index in [1.54, 1.807) is 18.2 Å². The lowest BCUT2D eigenvalue weighted by molar-refractivity contribution is -0.136. The van der Waals surface area contributed by atoms with Gasteiger partial charge in [0.2, 0.25) is 0 Å². The SMILES string of the molecule is CCC(C)Nc1cccc(COc2c(Br)cc(CCC(=O)O)cc2Br)c1F. The first kappa shape index (κ1) is 21.7. The van der Waals surface area contributed by atoms with Gasteiger partial charge in [-0.25, -0.2) is 4.39 Å². The highest BCUT2D eigenvalue weighted by Crippen LogP contribution is 2.36. The third-order valence-corrected chi connectivity index (χ3v) is 5.33. The molecule has 2 N–H and O–H groups in total. The summed E-state index contributed by atoms with van der Waals surface area (Å²) < 4.78 is 21.9. The zero-order valence-electron chi connectivity index (χ0n) is 15.2. The third kappa shape index (κ3) is 6.21. The molecule has 0 aliphatic carbocycles. The fourth-order valence-electron chi connectivity index (χ4n) is 2.47. The van der Waals surface area contributed by atoms with Gasteiger partial charge in [0.25, 0.3) is 0 Å². The number of carboxylic acids is 1. The number of hydrogen-bond acceptors (Lipinski definition) is 3. The Hall–Kier alpha value is -1.60. The molecule has 4 nitrogen and oxygen atoms in total. The Labute approximate surface area is 175 Å². The number of aliphatic carboxylic acids is 1. The van der Waals surface area contributed by atoms with Gasteiger partial charge in [0.1, 0.15) is 12.4 Å². The van der Waals surface area contributed by atoms with Crippen molar-refractivity contribution in [3.05, 3.63) is 56.2 Å². The smallest absolute Gasteiger partial charge is 0.303 e. The lowest BCUT2D eigenvalue weighted by Crippen LogP contribution is -2.15. The maximum atomic E-state index is 14.7. The lowest BCUT2D eigenvalue weighted by Gasteiger charge is -2.16. The zero-order valence-corrected chi connectivity index (χ0v) is 18.4. The van der Waals surface area contributed by atoms with E-state index in [0.29, 0.717) is 32.4 Å². The van der Waals surface area contributed by atoms with Crippen LogP contribution >= 0.6 is 31.9 Å². The fraction of sp³-hybridized carbons (Fsp3) is 0.350. The summed E-state index contributed by atoms with van der Waals surface area (Å²) in [5, 5.41) is 12.0. The Morgan fingerprint density at radius 1 is 1.30 bits per heavy atom. The first-order valence-electron chi connectivity index (χ1n) is 8.68. The zero-order chi connectivity index (χ0) is 20.0. The molecule has 0 heterocycles. The average Bonchev–Trinajstić information content (AvgIpc) is 2.61. The number of nitrogens with one attached hydrogen (secondary N) is 1. The van der Waals surface area contributed by atoms with Crippen LogP contribution in [0.4, 0.5) is 10.1 Å². The molecule has 0 aromatic heterocycles. The molecule has 0 bridgehead atoms. The highest BCUT2D eigenvalue weighted by atomic mass is 79.9. The van der Waals surface area contributed by atoms with Crippen molar-refractivity contribution >= 4 is 43.5 Å². The molecule has 146 valence electrons. The van der Waals surface area contributed by atoms with Crippen LogP contribution in [0.15, 0.2) is 39.3 Å². The van der Waals surface area contributed by atoms with E-state index in [0.717, 1.165) is 12.0 Å². The second-order valence-corrected chi connectivity index (χ2v) is 8.01. The molecule has 0 spiro atoms. The lowest BCUT2D eigenvalue weighted by atomic mass is 10.1. The minimum absolute atomic E-state index is 0.0558. The van der Waals surface area contributed by atoms with E-state index in [1.165, 1.54) is 0 Å². The molecule has 1 unspecified atom stereocenters. The Morgan fingerprint density at radius 3 is 2.56 bits per heavy atom. The number of carboxylic acid groups (broad SMARTS) is 1. The summed E-state index contributed by atoms with van der Waals surface area (Å²) in [5.74, 6) is -0.610. The molecule has 0 amide bonds. The van der Waals surface area contributed by atoms with Crippen LogP contribution in [0.1, 0.15) is 37.8 Å². The molecule has 0 saturated heterocycles. The summed E-state index contributed by atoms with van der Waals surface area (Å²) in [7, 11) is 0. The van der Waals surface area contributed by atoms with Crippen LogP contribution < -0.4 is 10.1 Å². The molecular formula is C20H22Br2FNO3. The number of ether oxygens (including phenoxy) is 1. The third-order valence-electron chi connectivity index (χ3n) is 4.15. The number of anilines is 1. The van der Waals surface area contributed by atoms with Gasteiger partial charge < -0.3 is 15.2 Å². The van der Waals surface area contributed by atoms with Gasteiger partial charge in [-0.05, 0) is 75.4 Å². The van der Waals surface area contributed by atoms with Crippen LogP contribution in [0.3, 0.4) is 0 Å². The topological polar surface area (TPSA) is 58.6 Å². The molecule has 27 heavy (non-hydrogen) atoms. The summed E-state index contributed by atoms with van der Waals surface area (Å²) in [5.41, 5.74) is 1.79. The minimum Gasteiger partial charge on any atom is -0.486 e. The van der Waals surface area contributed by atoms with Crippen LogP contribution in [0.5, 0.6) is 5.75 Å². The van der Waals surface area contributed by atoms with E-state index in [-0.39, 0.29) is 24.9 Å². The molecule has 2 aromatic rings. The van der Waals surface area contributed by atoms with Gasteiger partial charge in [-0.15, -0.1) is 0 Å². The van der Waals surface area contributed by atoms with Gasteiger partial charge in [-0.2, -0.15) is 0 Å². The minimum atomic E-state index is -0.844. The van der Waals surface area contributed by atoms with Gasteiger partial charge in [0, 0.05) is 18.0 Å². The first-order valence-corrected chi connectivity index (χ1v) is 10.3. The Kier molecular flexibility index (Phi) is 8.10. The molecule has 0 radical (unpaired) electrons. The van der Waals surface area contributed by atoms with Gasteiger partial charge in [0.15, 0.2) is 5.82 Å². The van der Waals surface area contributed by atoms with E-state index in [2.05, 4.69) is 37.2 Å². The number of rotatable bonds is 9. The second-order valence-electron chi connectivity index (χ2n) is 6.30. The van der Waals surface area contributed by atoms with E-state index < -0.39 is 5.97 Å². The second kappa shape index (κ2) is 10.1. The van der Waals surface area contributed by atoms with Crippen molar-refractivity contribution < 1.29 is 19.0 Å². The van der Waals surface area contributed by atoms with Crippen LogP contribution in [0, 0.1) is 5.82 Å². The number of carbonyl (C=O) groups is 1. The molecule has 0 aliphatic heterocycles. The van der Waals surface area contributed by atoms with Crippen molar-refractivity contribution in [3.8, 4) is 5.75 Å². The van der Waals surface area contributed by atoms with Crippen molar-refractivity contribution in [2.24, 2.45) is 0 Å². The maximum Gasteiger partial charge on any atom is 0.303 e. The van der Waals surface area contributed by atoms with Crippen molar-refractivity contribution in [2.45, 2.75) is 45.8 Å². The highest BCUT2D eigenvalue weighted by molar-refractivity contribution is 9.11. The van der Waals surface area contributed by atoms with E-state index in [4.69, 9.17) is 9.84 Å². The van der Waals surface area contributed by atoms with Gasteiger partial charge in [0.05, 0.1) is 14.6 Å². The molecule has 1 atom stereocenters. The van der Waals surface area contributed by atoms with E-state index >= 15 is 0 Å². The molecule has 2 aromatic carbocycles. The van der Waals surface area contributed by atoms with E-state index in [1.807, 2.05) is 26.0 Å². The molecule has 0 aliphatic rings. The van der Waals surface area contributed by atoms with Crippen LogP contribution in [-0.2, 0) is 17.8 Å². The predicted octanol–water partition coefficient (Wildman–Crippen LogP) is 6.16. The maximum absolute atomic E-state index is 14.7. The van der Waals surface area contributed by atoms with Gasteiger partial charge >= 0.3 is 5.97 Å². The van der Waals surface area contributed by atoms with Crippen molar-refractivity contribution in [2.75, 3.05) is 5.32 Å². The highest BCUT2D eigenvalue weighted by Gasteiger charge is 2.14. The number of aryl methyl sites for hydroxylation is 1. The largest absolute Gasteiger partial charge is 0.486 e. The quantitative estimate of drug-likeness (QED) is 0.431. The molecule has 0 saturated carbocycles. The molecule has 0 fully saturated rings. The summed E-state index contributed by atoms with van der Waals surface area (Å²) in [6.45, 7) is 4.12. The van der Waals surface area contributed by atoms with Crippen LogP contribution in [0.25, 0.3) is 0 Å². The van der Waals surface area contributed by atoms with Crippen molar-refractivity contribution in [1.82, 2.24) is 0 Å². The van der Waals surface area contributed by atoms with Crippen molar-refractivity contribution in [3.63, 3.8) is 0 Å². The van der Waals surface area contributed by atoms with Gasteiger partial charge in [-0.1, -0.05) is 19.1 Å². The van der Waals surface area contributed by atoms with Crippen molar-refractivity contribution in [1.29, 1.82) is 0 Å². The molecular weight excluding hydrogens is 481 g/mol. The predicted molar refractivity (Wildman–Crippen MR) is 112 cm³/mol. The van der Waals surface area contributed by atoms with Gasteiger partial charge in [-0.3, -0.25) is 4.79 Å². The summed E-state index contributed by atoms with van der Waals surface area (Å²) in [6.07, 6.45) is 1.37. The number of halogens is 3. The Morgan fingerprint density at radius 2 is 1.96 bits per heavy atom. The Balaban J connectivity index is 2.12. The summed E-state index contributed by atoms with van der Waals surface area (Å²) in [4.78, 5) is 10.7. The van der Waals surface area contributed by atoms with Crippen LogP contribution in [-0.4, -0.2) is 17.1 Å². The van der Waals surface area contributed by atoms with E-state index in [9.17, 15) is 9.18 Å². The fourth-order valence-corrected chi connectivity index (χ4v) is 3.98. The van der Waals surface area contributed by atoms with Crippen LogP contribution in [0.2, 0.25) is 0 Å². The summed E-state index contributed by atoms with van der Waals surface area (Å²) >= 11 is 6.89. The normalized spacial score (nSPS) is 11.9.